The molecule has 0 aliphatic rings. The Morgan fingerprint density at radius 3 is 2.50 bits per heavy atom. The van der Waals surface area contributed by atoms with Crippen molar-refractivity contribution in [3.05, 3.63) is 92.5 Å². The van der Waals surface area contributed by atoms with Crippen LogP contribution in [0.5, 0.6) is 5.75 Å². The van der Waals surface area contributed by atoms with Crippen LogP contribution in [0.15, 0.2) is 64.3 Å². The Kier molecular flexibility index (Phi) is 5.31. The number of benzene rings is 2. The number of methoxy groups -OCH3 is 1. The van der Waals surface area contributed by atoms with Crippen LogP contribution in [0.3, 0.4) is 0 Å². The highest BCUT2D eigenvalue weighted by Gasteiger charge is 2.17. The Bertz CT molecular complexity index is 1470. The number of anilines is 1. The van der Waals surface area contributed by atoms with E-state index in [9.17, 15) is 18.8 Å². The van der Waals surface area contributed by atoms with Gasteiger partial charge in [0.15, 0.2) is 5.65 Å². The highest BCUT2D eigenvalue weighted by molar-refractivity contribution is 6.05. The summed E-state index contributed by atoms with van der Waals surface area (Å²) >= 11 is 0. The molecule has 0 spiro atoms. The summed E-state index contributed by atoms with van der Waals surface area (Å²) in [6, 6.07) is 12.1. The number of carbonyl (C=O) groups excluding carboxylic acids is 1. The Balaban J connectivity index is 1.83. The van der Waals surface area contributed by atoms with E-state index in [1.807, 2.05) is 0 Å². The molecule has 2 aromatic heterocycles. The second-order valence-corrected chi connectivity index (χ2v) is 7.19. The molecule has 1 N–H and O–H groups in total. The van der Waals surface area contributed by atoms with Gasteiger partial charge in [-0.3, -0.25) is 14.2 Å². The van der Waals surface area contributed by atoms with Crippen LogP contribution < -0.4 is 21.3 Å². The number of hydrogen-bond acceptors (Lipinski definition) is 5. The van der Waals surface area contributed by atoms with Gasteiger partial charge >= 0.3 is 5.69 Å². The van der Waals surface area contributed by atoms with Crippen molar-refractivity contribution in [3.63, 3.8) is 0 Å². The molecule has 0 unspecified atom stereocenters. The van der Waals surface area contributed by atoms with E-state index >= 15 is 0 Å². The summed E-state index contributed by atoms with van der Waals surface area (Å²) in [5, 5.41) is 2.72. The minimum absolute atomic E-state index is 0.0894. The number of nitrogens with zero attached hydrogens (tertiary/aromatic N) is 3. The van der Waals surface area contributed by atoms with E-state index in [2.05, 4.69) is 10.3 Å². The molecule has 8 nitrogen and oxygen atoms in total. The standard InChI is InChI=1S/C23H19FN4O4/c1-13-4-5-15(24)11-19(13)26-21(29)14-10-18-20(25-12-14)28(23(31)27(2)22(18)30)16-6-8-17(32-3)9-7-16/h4-12H,1-3H3,(H,26,29). The molecular weight excluding hydrogens is 415 g/mol. The zero-order chi connectivity index (χ0) is 23.0. The molecule has 0 aliphatic carbocycles. The van der Waals surface area contributed by atoms with E-state index in [0.717, 1.165) is 4.57 Å². The maximum Gasteiger partial charge on any atom is 0.337 e. The van der Waals surface area contributed by atoms with E-state index in [1.165, 1.54) is 43.1 Å². The highest BCUT2D eigenvalue weighted by atomic mass is 19.1. The van der Waals surface area contributed by atoms with Gasteiger partial charge < -0.3 is 10.1 Å². The minimum Gasteiger partial charge on any atom is -0.497 e. The minimum atomic E-state index is -0.584. The lowest BCUT2D eigenvalue weighted by atomic mass is 10.1. The van der Waals surface area contributed by atoms with Gasteiger partial charge in [0, 0.05) is 18.9 Å². The predicted molar refractivity (Wildman–Crippen MR) is 118 cm³/mol. The normalized spacial score (nSPS) is 10.9. The van der Waals surface area contributed by atoms with Crippen LogP contribution in [0.25, 0.3) is 16.7 Å². The fraction of sp³-hybridized carbons (Fsp3) is 0.130. The van der Waals surface area contributed by atoms with Crippen LogP contribution in [-0.2, 0) is 7.05 Å². The maximum absolute atomic E-state index is 13.5. The monoisotopic (exact) mass is 434 g/mol. The Labute approximate surface area is 181 Å². The van der Waals surface area contributed by atoms with Gasteiger partial charge in [0.05, 0.1) is 23.7 Å². The number of rotatable bonds is 4. The van der Waals surface area contributed by atoms with Gasteiger partial charge in [0.2, 0.25) is 0 Å². The third-order valence-electron chi connectivity index (χ3n) is 5.13. The van der Waals surface area contributed by atoms with Crippen LogP contribution in [0, 0.1) is 12.7 Å². The van der Waals surface area contributed by atoms with Crippen molar-refractivity contribution in [1.82, 2.24) is 14.1 Å². The zero-order valence-corrected chi connectivity index (χ0v) is 17.5. The largest absolute Gasteiger partial charge is 0.497 e. The van der Waals surface area contributed by atoms with Crippen LogP contribution >= 0.6 is 0 Å². The smallest absolute Gasteiger partial charge is 0.337 e. The lowest BCUT2D eigenvalue weighted by Gasteiger charge is -2.13. The first-order valence-electron chi connectivity index (χ1n) is 9.64. The number of aromatic nitrogens is 3. The molecule has 0 atom stereocenters. The third-order valence-corrected chi connectivity index (χ3v) is 5.13. The summed E-state index contributed by atoms with van der Waals surface area (Å²) in [5.41, 5.74) is 0.520. The van der Waals surface area contributed by atoms with Crippen molar-refractivity contribution >= 4 is 22.6 Å². The summed E-state index contributed by atoms with van der Waals surface area (Å²) < 4.78 is 20.9. The Hall–Kier alpha value is -4.27. The van der Waals surface area contributed by atoms with Crippen LogP contribution in [0.1, 0.15) is 15.9 Å². The molecule has 2 heterocycles. The van der Waals surface area contributed by atoms with Crippen molar-refractivity contribution < 1.29 is 13.9 Å². The Morgan fingerprint density at radius 1 is 1.09 bits per heavy atom. The summed E-state index contributed by atoms with van der Waals surface area (Å²) in [6.45, 7) is 1.73. The fourth-order valence-electron chi connectivity index (χ4n) is 3.31. The second-order valence-electron chi connectivity index (χ2n) is 7.19. The van der Waals surface area contributed by atoms with Gasteiger partial charge in [0.25, 0.3) is 11.5 Å². The van der Waals surface area contributed by atoms with Crippen molar-refractivity contribution in [3.8, 4) is 11.4 Å². The Morgan fingerprint density at radius 2 is 1.81 bits per heavy atom. The molecule has 1 amide bonds. The average Bonchev–Trinajstić information content (AvgIpc) is 2.80. The molecule has 0 saturated heterocycles. The lowest BCUT2D eigenvalue weighted by molar-refractivity contribution is 0.102. The van der Waals surface area contributed by atoms with Gasteiger partial charge in [-0.1, -0.05) is 6.07 Å². The van der Waals surface area contributed by atoms with Crippen molar-refractivity contribution in [2.24, 2.45) is 7.05 Å². The van der Waals surface area contributed by atoms with E-state index < -0.39 is 23.0 Å². The molecule has 4 rings (SSSR count). The molecule has 0 fully saturated rings. The van der Waals surface area contributed by atoms with E-state index in [4.69, 9.17) is 4.74 Å². The van der Waals surface area contributed by atoms with Crippen molar-refractivity contribution in [1.29, 1.82) is 0 Å². The number of fused-ring (bicyclic) bond motifs is 1. The van der Waals surface area contributed by atoms with Gasteiger partial charge in [0.1, 0.15) is 11.6 Å². The van der Waals surface area contributed by atoms with Gasteiger partial charge in [-0.2, -0.15) is 0 Å². The third kappa shape index (κ3) is 3.64. The second kappa shape index (κ2) is 8.10. The number of aryl methyl sites for hydroxylation is 1. The number of amides is 1. The SMILES string of the molecule is COc1ccc(-n2c(=O)n(C)c(=O)c3cc(C(=O)Nc4cc(F)ccc4C)cnc32)cc1. The molecule has 0 saturated carbocycles. The molecular formula is C23H19FN4O4. The van der Waals surface area contributed by atoms with Crippen LogP contribution in [0.2, 0.25) is 0 Å². The molecule has 2 aromatic carbocycles. The lowest BCUT2D eigenvalue weighted by Crippen LogP contribution is -2.38. The summed E-state index contributed by atoms with van der Waals surface area (Å²) in [4.78, 5) is 42.6. The van der Waals surface area contributed by atoms with E-state index in [0.29, 0.717) is 22.7 Å². The van der Waals surface area contributed by atoms with Crippen LogP contribution in [-0.4, -0.2) is 27.1 Å². The molecule has 0 radical (unpaired) electrons. The van der Waals surface area contributed by atoms with Crippen LogP contribution in [0.4, 0.5) is 10.1 Å². The zero-order valence-electron chi connectivity index (χ0n) is 17.5. The van der Waals surface area contributed by atoms with Crippen molar-refractivity contribution in [2.75, 3.05) is 12.4 Å². The molecule has 0 aliphatic heterocycles. The first kappa shape index (κ1) is 21.0. The number of hydrogen-bond donors (Lipinski definition) is 1. The summed E-state index contributed by atoms with van der Waals surface area (Å²) in [6.07, 6.45) is 1.27. The first-order valence-corrected chi connectivity index (χ1v) is 9.64. The van der Waals surface area contributed by atoms with Gasteiger partial charge in [-0.15, -0.1) is 0 Å². The molecule has 4 aromatic rings. The number of ether oxygens (including phenoxy) is 1. The number of halogens is 1. The topological polar surface area (TPSA) is 95.2 Å². The number of pyridine rings is 1. The van der Waals surface area contributed by atoms with E-state index in [-0.39, 0.29) is 16.6 Å². The molecule has 9 heteroatoms. The fourth-order valence-corrected chi connectivity index (χ4v) is 3.31. The predicted octanol–water partition coefficient (Wildman–Crippen LogP) is 2.79. The number of nitrogens with one attached hydrogen (secondary N) is 1. The molecule has 0 bridgehead atoms. The van der Waals surface area contributed by atoms with Crippen molar-refractivity contribution in [2.45, 2.75) is 6.92 Å². The first-order chi connectivity index (χ1) is 15.3. The van der Waals surface area contributed by atoms with Gasteiger partial charge in [-0.25, -0.2) is 18.7 Å². The average molecular weight is 434 g/mol. The summed E-state index contributed by atoms with van der Waals surface area (Å²) in [7, 11) is 2.88. The number of carbonyl (C=O) groups is 1. The summed E-state index contributed by atoms with van der Waals surface area (Å²) in [5.74, 6) is -0.437. The maximum atomic E-state index is 13.5. The quantitative estimate of drug-likeness (QED) is 0.533. The van der Waals surface area contributed by atoms with Gasteiger partial charge in [-0.05, 0) is 55.0 Å². The molecule has 162 valence electrons. The molecule has 32 heavy (non-hydrogen) atoms. The van der Waals surface area contributed by atoms with E-state index in [1.54, 1.807) is 37.3 Å². The highest BCUT2D eigenvalue weighted by Crippen LogP contribution is 2.19.